The number of oxazole rings is 1. The van der Waals surface area contributed by atoms with E-state index in [1.807, 2.05) is 0 Å². The molecule has 1 amide bonds. The fourth-order valence-electron chi connectivity index (χ4n) is 2.48. The summed E-state index contributed by atoms with van der Waals surface area (Å²) in [5.74, 6) is 0.0460. The smallest absolute Gasteiger partial charge is 0.255 e. The van der Waals surface area contributed by atoms with Gasteiger partial charge in [-0.25, -0.2) is 4.98 Å². The highest BCUT2D eigenvalue weighted by Gasteiger charge is 2.10. The number of benzene rings is 2. The molecule has 6 nitrogen and oxygen atoms in total. The molecular formula is C19H12FN3O3. The Morgan fingerprint density at radius 3 is 2.69 bits per heavy atom. The molecule has 0 bridgehead atoms. The summed E-state index contributed by atoms with van der Waals surface area (Å²) in [5, 5.41) is 2.73. The number of nitrogens with zero attached hydrogens (tertiary/aromatic N) is 2. The van der Waals surface area contributed by atoms with Gasteiger partial charge in [0.2, 0.25) is 5.89 Å². The Morgan fingerprint density at radius 2 is 1.92 bits per heavy atom. The van der Waals surface area contributed by atoms with Crippen molar-refractivity contribution in [3.63, 3.8) is 0 Å². The van der Waals surface area contributed by atoms with Crippen LogP contribution in [0.25, 0.3) is 22.7 Å². The van der Waals surface area contributed by atoms with Crippen molar-refractivity contribution in [1.29, 1.82) is 0 Å². The summed E-state index contributed by atoms with van der Waals surface area (Å²) < 4.78 is 17.9. The van der Waals surface area contributed by atoms with Gasteiger partial charge in [-0.3, -0.25) is 9.74 Å². The van der Waals surface area contributed by atoms with Crippen LogP contribution in [-0.4, -0.2) is 15.9 Å². The zero-order valence-corrected chi connectivity index (χ0v) is 13.3. The highest BCUT2D eigenvalue weighted by molar-refractivity contribution is 6.04. The van der Waals surface area contributed by atoms with Crippen molar-refractivity contribution in [2.24, 2.45) is 0 Å². The van der Waals surface area contributed by atoms with Crippen LogP contribution in [0.2, 0.25) is 0 Å². The molecule has 26 heavy (non-hydrogen) atoms. The lowest BCUT2D eigenvalue weighted by atomic mass is 10.1. The number of hydrogen-bond donors (Lipinski definition) is 1. The van der Waals surface area contributed by atoms with Crippen LogP contribution in [0.15, 0.2) is 71.3 Å². The summed E-state index contributed by atoms with van der Waals surface area (Å²) in [6.45, 7) is 0. The number of carbonyl (C=O) groups excluding carboxylic acids is 1. The summed E-state index contributed by atoms with van der Waals surface area (Å²) in [6.07, 6.45) is 1.65. The van der Waals surface area contributed by atoms with Crippen LogP contribution in [0.5, 0.6) is 5.75 Å². The molecule has 0 saturated carbocycles. The van der Waals surface area contributed by atoms with E-state index < -0.39 is 0 Å². The van der Waals surface area contributed by atoms with Gasteiger partial charge in [-0.15, -0.1) is 0 Å². The van der Waals surface area contributed by atoms with Gasteiger partial charge in [-0.05, 0) is 54.6 Å². The lowest BCUT2D eigenvalue weighted by Crippen LogP contribution is -2.11. The first-order valence-electron chi connectivity index (χ1n) is 7.75. The first-order chi connectivity index (χ1) is 12.7. The molecule has 2 heterocycles. The maximum atomic E-state index is 12.2. The van der Waals surface area contributed by atoms with Gasteiger partial charge in [0.1, 0.15) is 0 Å². The average molecular weight is 349 g/mol. The van der Waals surface area contributed by atoms with Crippen LogP contribution < -0.4 is 10.3 Å². The van der Waals surface area contributed by atoms with Gasteiger partial charge in [0.05, 0.1) is 0 Å². The maximum absolute atomic E-state index is 12.2. The molecule has 0 atom stereocenters. The molecule has 4 rings (SSSR count). The third-order valence-corrected chi connectivity index (χ3v) is 3.74. The maximum Gasteiger partial charge on any atom is 0.255 e. The minimum Gasteiger partial charge on any atom is -0.434 e. The molecule has 0 saturated heterocycles. The zero-order chi connectivity index (χ0) is 17.9. The molecule has 7 heteroatoms. The molecule has 0 fully saturated rings. The first-order valence-corrected chi connectivity index (χ1v) is 7.75. The lowest BCUT2D eigenvalue weighted by Gasteiger charge is -2.06. The van der Waals surface area contributed by atoms with Gasteiger partial charge in [-0.1, -0.05) is 6.07 Å². The van der Waals surface area contributed by atoms with E-state index in [0.29, 0.717) is 22.8 Å². The van der Waals surface area contributed by atoms with Crippen LogP contribution in [0.1, 0.15) is 10.4 Å². The summed E-state index contributed by atoms with van der Waals surface area (Å²) in [7, 11) is 0. The quantitative estimate of drug-likeness (QED) is 0.591. The van der Waals surface area contributed by atoms with Gasteiger partial charge in [-0.2, -0.15) is 4.98 Å². The third kappa shape index (κ3) is 3.10. The Bertz CT molecular complexity index is 1040. The van der Waals surface area contributed by atoms with E-state index >= 15 is 0 Å². The van der Waals surface area contributed by atoms with Crippen molar-refractivity contribution in [3.8, 4) is 17.2 Å². The molecule has 2 aromatic heterocycles. The largest absolute Gasteiger partial charge is 0.434 e. The standard InChI is InChI=1S/C19H12FN3O3/c20-26-15-4-1-3-13(11-15)18(24)22-14-8-6-12(7-9-14)19-23-17-16(25-19)5-2-10-21-17/h1-11H,(H,22,24). The second-order valence-electron chi connectivity index (χ2n) is 5.48. The van der Waals surface area contributed by atoms with Crippen LogP contribution in [-0.2, 0) is 0 Å². The summed E-state index contributed by atoms with van der Waals surface area (Å²) >= 11 is 0. The van der Waals surface area contributed by atoms with Gasteiger partial charge in [0.15, 0.2) is 17.0 Å². The Kier molecular flexibility index (Phi) is 4.03. The summed E-state index contributed by atoms with van der Waals surface area (Å²) in [4.78, 5) is 24.3. The molecule has 128 valence electrons. The van der Waals surface area contributed by atoms with Gasteiger partial charge >= 0.3 is 0 Å². The topological polar surface area (TPSA) is 77.3 Å². The molecule has 4 aromatic rings. The van der Waals surface area contributed by atoms with E-state index in [2.05, 4.69) is 20.2 Å². The second kappa shape index (κ2) is 6.64. The monoisotopic (exact) mass is 349 g/mol. The van der Waals surface area contributed by atoms with E-state index in [1.165, 1.54) is 18.2 Å². The van der Waals surface area contributed by atoms with E-state index in [-0.39, 0.29) is 17.2 Å². The number of halogens is 1. The summed E-state index contributed by atoms with van der Waals surface area (Å²) in [6, 6.07) is 16.4. The number of hydrogen-bond acceptors (Lipinski definition) is 5. The Balaban J connectivity index is 1.53. The van der Waals surface area contributed by atoms with Crippen molar-refractivity contribution >= 4 is 22.8 Å². The molecule has 1 N–H and O–H groups in total. The van der Waals surface area contributed by atoms with Crippen LogP contribution in [0.4, 0.5) is 10.2 Å². The van der Waals surface area contributed by atoms with E-state index in [0.717, 1.165) is 5.56 Å². The van der Waals surface area contributed by atoms with Crippen molar-refractivity contribution in [3.05, 3.63) is 72.4 Å². The van der Waals surface area contributed by atoms with Crippen molar-refractivity contribution in [1.82, 2.24) is 9.97 Å². The molecular weight excluding hydrogens is 337 g/mol. The number of anilines is 1. The molecule has 0 radical (unpaired) electrons. The van der Waals surface area contributed by atoms with Crippen molar-refractivity contribution < 1.29 is 18.7 Å². The third-order valence-electron chi connectivity index (χ3n) is 3.74. The fourth-order valence-corrected chi connectivity index (χ4v) is 2.48. The van der Waals surface area contributed by atoms with E-state index in [1.54, 1.807) is 48.7 Å². The van der Waals surface area contributed by atoms with E-state index in [4.69, 9.17) is 4.42 Å². The number of rotatable bonds is 4. The highest BCUT2D eigenvalue weighted by atomic mass is 19.3. The Morgan fingerprint density at radius 1 is 1.08 bits per heavy atom. The number of fused-ring (bicyclic) bond motifs is 1. The molecule has 0 unspecified atom stereocenters. The van der Waals surface area contributed by atoms with Crippen molar-refractivity contribution in [2.75, 3.05) is 5.32 Å². The molecule has 0 spiro atoms. The second-order valence-corrected chi connectivity index (χ2v) is 5.48. The predicted molar refractivity (Wildman–Crippen MR) is 93.4 cm³/mol. The fraction of sp³-hybridized carbons (Fsp3) is 0. The van der Waals surface area contributed by atoms with Gasteiger partial charge < -0.3 is 9.73 Å². The number of pyridine rings is 1. The number of aromatic nitrogens is 2. The number of amides is 1. The van der Waals surface area contributed by atoms with Crippen molar-refractivity contribution in [2.45, 2.75) is 0 Å². The Labute approximate surface area is 147 Å². The predicted octanol–water partition coefficient (Wildman–Crippen LogP) is 4.41. The van der Waals surface area contributed by atoms with Crippen LogP contribution in [0, 0.1) is 0 Å². The first kappa shape index (κ1) is 15.8. The molecule has 0 aliphatic heterocycles. The molecule has 0 aliphatic rings. The van der Waals surface area contributed by atoms with Gasteiger partial charge in [0, 0.05) is 27.5 Å². The van der Waals surface area contributed by atoms with Gasteiger partial charge in [0.25, 0.3) is 5.91 Å². The Hall–Kier alpha value is -3.74. The normalized spacial score (nSPS) is 10.7. The lowest BCUT2D eigenvalue weighted by molar-refractivity contribution is -0.00626. The van der Waals surface area contributed by atoms with Crippen LogP contribution >= 0.6 is 0 Å². The average Bonchev–Trinajstić information content (AvgIpc) is 3.13. The molecule has 0 aliphatic carbocycles. The SMILES string of the molecule is O=C(Nc1ccc(-c2nc3ncccc3o2)cc1)c1cccc(OF)c1. The summed E-state index contributed by atoms with van der Waals surface area (Å²) in [5.41, 5.74) is 2.77. The van der Waals surface area contributed by atoms with E-state index in [9.17, 15) is 9.32 Å². The minimum absolute atomic E-state index is 0.0300. The number of carbonyl (C=O) groups is 1. The van der Waals surface area contributed by atoms with Crippen LogP contribution in [0.3, 0.4) is 0 Å². The zero-order valence-electron chi connectivity index (χ0n) is 13.3. The highest BCUT2D eigenvalue weighted by Crippen LogP contribution is 2.24. The molecule has 2 aromatic carbocycles. The minimum atomic E-state index is -0.372. The number of nitrogens with one attached hydrogen (secondary N) is 1.